The second-order valence-electron chi connectivity index (χ2n) is 31.0. The summed E-state index contributed by atoms with van der Waals surface area (Å²) in [5.41, 5.74) is 6.77. The average Bonchev–Trinajstić information content (AvgIpc) is 1.58. The number of nitrogen functional groups attached to an aromatic ring is 1. The lowest BCUT2D eigenvalue weighted by Crippen LogP contribution is -2.56. The van der Waals surface area contributed by atoms with E-state index in [1.165, 1.54) is 24.5 Å². The summed E-state index contributed by atoms with van der Waals surface area (Å²) < 4.78 is 10.5. The maximum Gasteiger partial charge on any atom is 0.320 e. The third kappa shape index (κ3) is 10.1. The number of hydrogen-bond donors (Lipinski definition) is 16. The number of halogens is 1. The van der Waals surface area contributed by atoms with Gasteiger partial charge in [-0.15, -0.1) is 0 Å². The number of urea groups is 5. The smallest absolute Gasteiger partial charge is 0.320 e. The van der Waals surface area contributed by atoms with Gasteiger partial charge in [-0.1, -0.05) is 42.5 Å². The van der Waals surface area contributed by atoms with Crippen molar-refractivity contribution in [2.24, 2.45) is 0 Å². The third-order valence-corrected chi connectivity index (χ3v) is 26.6. The lowest BCUT2D eigenvalue weighted by atomic mass is 10.0. The van der Waals surface area contributed by atoms with Crippen LogP contribution in [0.4, 0.5) is 29.7 Å². The number of nitrogens with zero attached hydrogens (tertiary/aromatic N) is 10. The number of aromatic nitrogens is 5. The molecule has 5 aromatic heterocycles. The van der Waals surface area contributed by atoms with Gasteiger partial charge in [0.05, 0.1) is 65.0 Å². The summed E-state index contributed by atoms with van der Waals surface area (Å²) in [6.45, 7) is 4.52. The van der Waals surface area contributed by atoms with E-state index in [9.17, 15) is 73.5 Å². The van der Waals surface area contributed by atoms with Crippen molar-refractivity contribution in [1.29, 1.82) is 0 Å². The monoisotopic (exact) mass is 1580 g/mol. The summed E-state index contributed by atoms with van der Waals surface area (Å²) in [6, 6.07) is 29.4. The Morgan fingerprint density at radius 1 is 0.351 bits per heavy atom. The van der Waals surface area contributed by atoms with Crippen LogP contribution in [0.1, 0.15) is 129 Å². The molecule has 20 atom stereocenters. The quantitative estimate of drug-likeness (QED) is 0.108. The van der Waals surface area contributed by atoms with Gasteiger partial charge in [0.25, 0.3) is 29.5 Å². The Bertz CT molecular complexity index is 5140. The van der Waals surface area contributed by atoms with E-state index in [0.29, 0.717) is 79.4 Å². The first-order valence-electron chi connectivity index (χ1n) is 37.0. The Morgan fingerprint density at radius 2 is 0.658 bits per heavy atom. The summed E-state index contributed by atoms with van der Waals surface area (Å²) in [5.74, 6) is -0.906. The second kappa shape index (κ2) is 24.8. The molecule has 0 radical (unpaired) electrons. The van der Waals surface area contributed by atoms with E-state index < -0.39 is 58.8 Å². The number of carbonyl (C=O) groups excluding carboxylic acids is 10. The lowest BCUT2D eigenvalue weighted by Gasteiger charge is -2.33. The Balaban J connectivity index is 0.0000000976. The van der Waals surface area contributed by atoms with Crippen LogP contribution in [-0.4, -0.2) is 256 Å². The molecule has 36 nitrogen and oxygen atoms in total. The van der Waals surface area contributed by atoms with Crippen molar-refractivity contribution in [3.8, 4) is 22.5 Å². The summed E-state index contributed by atoms with van der Waals surface area (Å²) in [4.78, 5) is 128. The number of fused-ring (bicyclic) bond motifs is 25. The highest BCUT2D eigenvalue weighted by atomic mass is 79.9. The molecule has 7 aromatic rings. The fourth-order valence-corrected chi connectivity index (χ4v) is 21.1. The van der Waals surface area contributed by atoms with Crippen molar-refractivity contribution in [3.63, 3.8) is 0 Å². The molecule has 10 fully saturated rings. The minimum Gasteiger partial charge on any atom is -0.399 e. The number of anilines is 1. The van der Waals surface area contributed by atoms with Crippen molar-refractivity contribution >= 4 is 81.3 Å². The predicted octanol–water partition coefficient (Wildman–Crippen LogP) is 0.744. The number of amides is 15. The van der Waals surface area contributed by atoms with E-state index in [2.05, 4.69) is 69.1 Å². The minimum atomic E-state index is -1.33. The highest BCUT2D eigenvalue weighted by molar-refractivity contribution is 9.10. The van der Waals surface area contributed by atoms with Crippen molar-refractivity contribution in [1.82, 2.24) is 101 Å². The molecule has 2 aromatic carbocycles. The molecule has 17 N–H and O–H groups in total. The summed E-state index contributed by atoms with van der Waals surface area (Å²) in [5, 5.41) is 83.5. The molecule has 0 spiro atoms. The van der Waals surface area contributed by atoms with Crippen molar-refractivity contribution < 1.29 is 73.5 Å². The lowest BCUT2D eigenvalue weighted by molar-refractivity contribution is -0.0661. The van der Waals surface area contributed by atoms with E-state index in [0.717, 1.165) is 27.1 Å². The van der Waals surface area contributed by atoms with Gasteiger partial charge in [-0.25, -0.2) is 24.0 Å². The molecule has 15 amide bonds. The van der Waals surface area contributed by atoms with E-state index in [-0.39, 0.29) is 120 Å². The summed E-state index contributed by atoms with van der Waals surface area (Å²) in [6.07, 6.45) is 5.60. The van der Waals surface area contributed by atoms with Crippen LogP contribution in [-0.2, 0) is 0 Å². The van der Waals surface area contributed by atoms with E-state index in [4.69, 9.17) is 5.73 Å². The van der Waals surface area contributed by atoms with E-state index in [1.54, 1.807) is 45.4 Å². The van der Waals surface area contributed by atoms with Crippen LogP contribution >= 0.6 is 15.9 Å². The van der Waals surface area contributed by atoms with E-state index in [1.807, 2.05) is 140 Å². The Labute approximate surface area is 640 Å². The molecule has 5 saturated carbocycles. The average molecular weight is 1590 g/mol. The molecular formula is C74H82BrN21O15. The topological polar surface area (TPSA) is 459 Å². The number of nitrogens with two attached hydrogens (primary N) is 1. The summed E-state index contributed by atoms with van der Waals surface area (Å²) >= 11 is 3.46. The first kappa shape index (κ1) is 71.2. The molecule has 580 valence electrons. The number of aliphatic hydroxyl groups is 5. The number of nitrogens with one attached hydrogen (secondary N) is 10. The minimum absolute atomic E-state index is 0.0395. The van der Waals surface area contributed by atoms with Crippen LogP contribution in [0.5, 0.6) is 0 Å². The van der Waals surface area contributed by atoms with Crippen molar-refractivity contribution in [2.45, 2.75) is 165 Å². The molecule has 37 heteroatoms. The fourth-order valence-electron chi connectivity index (χ4n) is 20.5. The van der Waals surface area contributed by atoms with Gasteiger partial charge in [-0.05, 0) is 114 Å². The van der Waals surface area contributed by atoms with Gasteiger partial charge in [-0.2, -0.15) is 0 Å². The normalized spacial score (nSPS) is 35.5. The first-order chi connectivity index (χ1) is 53.0. The fraction of sp³-hybridized carbons (Fsp3) is 0.432. The van der Waals surface area contributed by atoms with Crippen LogP contribution in [0.2, 0.25) is 0 Å². The number of benzene rings is 2. The van der Waals surface area contributed by atoms with Crippen molar-refractivity contribution in [2.75, 3.05) is 40.0 Å². The SMILES string of the molecule is CCN1C(=O)N[C@H]2[C@@H]3NC(=O)c4ccc(Br)n4[C@@H]3C[C@]21O.CCN1C(=O)N[C@H]2[C@@H]3NC(=O)c4cccn4[C@@H]3C[C@]21O.CN1C(=O)N[C@H]2[C@@H]3NC(=O)c4ccc(-c5ccc(N)cc5)n4[C@@H]3C[C@]21O.CN1C(=O)N[C@H]2[C@@H]3NC(=O)c4ccc(-c5ccccc5)n4[C@@H]3C[C@]21O.CN1C(=O)N[C@H]2[C@@H]3NC(=O)c4cccn4[C@@H]3C[C@]21O. The highest BCUT2D eigenvalue weighted by Gasteiger charge is 2.69. The molecule has 15 heterocycles. The zero-order chi connectivity index (χ0) is 77.9. The Kier molecular flexibility index (Phi) is 15.9. The molecule has 10 aliphatic heterocycles. The Morgan fingerprint density at radius 3 is 1.06 bits per heavy atom. The van der Waals surface area contributed by atoms with Gasteiger partial charge in [0, 0.05) is 95.8 Å². The molecule has 22 rings (SSSR count). The zero-order valence-corrected chi connectivity index (χ0v) is 62.1. The van der Waals surface area contributed by atoms with E-state index >= 15 is 0 Å². The molecule has 0 unspecified atom stereocenters. The van der Waals surface area contributed by atoms with Crippen LogP contribution in [0, 0.1) is 0 Å². The molecule has 5 saturated heterocycles. The maximum absolute atomic E-state index is 12.6. The van der Waals surface area contributed by atoms with Crippen LogP contribution in [0.3, 0.4) is 0 Å². The standard InChI is InChI=1S/C18H19N5O3.C18H18N4O3.C13H15BrN4O3.C13H16N4O3.C12H14N4O3/c1-22-17(25)21-15-14-13(8-18(15,22)26)23-11(6-7-12(23)16(24)20-14)9-2-4-10(19)5-3-9;1-21-17(24)20-15-14-13(9-18(15,21)25)22-11(10-5-3-2-4-6-10)7-8-12(22)16(23)19-14;1-2-17-12(20)16-10-9-7(5-13(10,17)21)18-6(11(19)15-9)3-4-8(18)14;1-2-17-12(19)15-10-9-8(6-13(10,17)20)16-5-3-4-7(16)11(18)14-9;1-15-11(18)14-9-8-7(5-12(9,15)19)16-4-2-3-6(16)10(17)13-8/h2-7,13-15,26H,8,19H2,1H3,(H,20,24)(H,21,25);2-8,13-15,25H,9H2,1H3,(H,19,23)(H,20,24);3-4,7,9-10,21H,2,5H2,1H3,(H,15,19)(H,16,20);3-5,8-10,20H,2,6H2,1H3,(H,14,18)(H,15,19);2-4,7-9,19H,5H2,1H3,(H,13,17)(H,14,18)/t2*13-,14-,15+,18+;7-,9-,10+,13+;8-,9-,10+,13+;7-,8-,9+,12+/m11111/s1. The van der Waals surface area contributed by atoms with Gasteiger partial charge >= 0.3 is 30.2 Å². The third-order valence-electron chi connectivity index (χ3n) is 25.9. The number of rotatable bonds is 4. The van der Waals surface area contributed by atoms with Crippen LogP contribution < -0.4 is 58.9 Å². The number of likely N-dealkylation sites (N-methyl/N-ethyl adjacent to an activating group) is 5. The van der Waals surface area contributed by atoms with Gasteiger partial charge in [0.2, 0.25) is 0 Å². The molecule has 15 aliphatic rings. The zero-order valence-electron chi connectivity index (χ0n) is 60.5. The maximum atomic E-state index is 12.6. The van der Waals surface area contributed by atoms with Gasteiger partial charge in [0.15, 0.2) is 28.6 Å². The van der Waals surface area contributed by atoms with Gasteiger partial charge in [0.1, 0.15) is 58.7 Å². The first-order valence-corrected chi connectivity index (χ1v) is 37.7. The Hall–Kier alpha value is -11.4. The highest BCUT2D eigenvalue weighted by Crippen LogP contribution is 2.52. The van der Waals surface area contributed by atoms with Gasteiger partial charge < -0.3 is 107 Å². The molecule has 5 aliphatic carbocycles. The number of carbonyl (C=O) groups is 10. The largest absolute Gasteiger partial charge is 0.399 e. The predicted molar refractivity (Wildman–Crippen MR) is 394 cm³/mol. The second-order valence-corrected chi connectivity index (χ2v) is 31.8. The molecular weight excluding hydrogens is 1500 g/mol. The molecule has 111 heavy (non-hydrogen) atoms. The molecule has 0 bridgehead atoms. The van der Waals surface area contributed by atoms with Crippen LogP contribution in [0.15, 0.2) is 132 Å². The summed E-state index contributed by atoms with van der Waals surface area (Å²) in [7, 11) is 4.74. The van der Waals surface area contributed by atoms with Crippen LogP contribution in [0.25, 0.3) is 22.5 Å². The van der Waals surface area contributed by atoms with Crippen molar-refractivity contribution in [3.05, 3.63) is 161 Å². The number of hydrogen-bond acceptors (Lipinski definition) is 16. The van der Waals surface area contributed by atoms with Gasteiger partial charge in [-0.3, -0.25) is 48.5 Å².